The van der Waals surface area contributed by atoms with Crippen LogP contribution in [-0.2, 0) is 14.2 Å². The maximum Gasteiger partial charge on any atom is 0.325 e. The number of carbonyl (C=O) groups is 2. The second kappa shape index (κ2) is 4.72. The van der Waals surface area contributed by atoms with E-state index >= 15 is 0 Å². The lowest BCUT2D eigenvalue weighted by Crippen LogP contribution is -2.27. The van der Waals surface area contributed by atoms with Gasteiger partial charge in [-0.15, -0.1) is 6.58 Å². The van der Waals surface area contributed by atoms with Crippen LogP contribution in [0.3, 0.4) is 0 Å². The van der Waals surface area contributed by atoms with Gasteiger partial charge in [0.2, 0.25) is 0 Å². The van der Waals surface area contributed by atoms with Gasteiger partial charge in [-0.1, -0.05) is 6.08 Å². The van der Waals surface area contributed by atoms with Gasteiger partial charge in [0.1, 0.15) is 5.41 Å². The van der Waals surface area contributed by atoms with Crippen LogP contribution in [0, 0.1) is 11.3 Å². The number of aliphatic carboxylic acids is 1. The Hall–Kier alpha value is -0.970. The topological polar surface area (TPSA) is 112 Å². The first kappa shape index (κ1) is 14.1. The van der Waals surface area contributed by atoms with Crippen molar-refractivity contribution in [1.29, 1.82) is 0 Å². The van der Waals surface area contributed by atoms with Gasteiger partial charge in [-0.2, -0.15) is 0 Å². The Morgan fingerprint density at radius 2 is 2.06 bits per heavy atom. The minimum atomic E-state index is -4.12. The van der Waals surface area contributed by atoms with Gasteiger partial charge in [0.05, 0.1) is 6.16 Å². The van der Waals surface area contributed by atoms with E-state index < -0.39 is 30.9 Å². The molecule has 0 spiro atoms. The Kier molecular flexibility index (Phi) is 3.91. The van der Waals surface area contributed by atoms with Gasteiger partial charge in [0, 0.05) is 12.3 Å². The Morgan fingerprint density at radius 3 is 2.41 bits per heavy atom. The highest BCUT2D eigenvalue weighted by atomic mass is 31.2. The summed E-state index contributed by atoms with van der Waals surface area (Å²) < 4.78 is 10.6. The molecule has 96 valence electrons. The van der Waals surface area contributed by atoms with Gasteiger partial charge in [-0.3, -0.25) is 14.2 Å². The molecule has 2 unspecified atom stereocenters. The SMILES string of the molecule is C=CC1CC1(C(=O)O)C(=O)CCCP(=O)(O)O. The molecule has 0 aromatic heterocycles. The highest BCUT2D eigenvalue weighted by Gasteiger charge is 2.63. The first-order valence-corrected chi connectivity index (χ1v) is 6.97. The van der Waals surface area contributed by atoms with Crippen molar-refractivity contribution in [2.24, 2.45) is 11.3 Å². The zero-order valence-electron chi connectivity index (χ0n) is 9.20. The van der Waals surface area contributed by atoms with Crippen molar-refractivity contribution in [3.63, 3.8) is 0 Å². The molecule has 0 saturated heterocycles. The third-order valence-electron chi connectivity index (χ3n) is 3.03. The Morgan fingerprint density at radius 1 is 1.47 bits per heavy atom. The fourth-order valence-corrected chi connectivity index (χ4v) is 2.50. The fourth-order valence-electron chi connectivity index (χ4n) is 1.93. The van der Waals surface area contributed by atoms with Crippen LogP contribution < -0.4 is 0 Å². The number of rotatable bonds is 7. The van der Waals surface area contributed by atoms with E-state index in [0.717, 1.165) is 0 Å². The summed E-state index contributed by atoms with van der Waals surface area (Å²) in [4.78, 5) is 40.0. The maximum atomic E-state index is 11.7. The normalized spacial score (nSPS) is 27.5. The molecule has 0 amide bonds. The third kappa shape index (κ3) is 3.03. The molecule has 1 aliphatic rings. The molecule has 0 aliphatic heterocycles. The highest BCUT2D eigenvalue weighted by molar-refractivity contribution is 7.51. The molecule has 1 aliphatic carbocycles. The smallest absolute Gasteiger partial charge is 0.325 e. The summed E-state index contributed by atoms with van der Waals surface area (Å²) in [5, 5.41) is 9.01. The molecule has 6 nitrogen and oxygen atoms in total. The van der Waals surface area contributed by atoms with E-state index in [1.54, 1.807) is 0 Å². The molecule has 0 bridgehead atoms. The number of carboxylic acid groups (broad SMARTS) is 1. The molecule has 3 N–H and O–H groups in total. The molecular weight excluding hydrogens is 247 g/mol. The average molecular weight is 262 g/mol. The summed E-state index contributed by atoms with van der Waals surface area (Å²) in [5.41, 5.74) is -1.39. The van der Waals surface area contributed by atoms with E-state index in [9.17, 15) is 14.2 Å². The number of hydrogen-bond acceptors (Lipinski definition) is 3. The van der Waals surface area contributed by atoms with E-state index in [1.807, 2.05) is 0 Å². The number of hydrogen-bond donors (Lipinski definition) is 3. The first-order chi connectivity index (χ1) is 7.74. The van der Waals surface area contributed by atoms with E-state index in [-0.39, 0.29) is 25.2 Å². The number of allylic oxidation sites excluding steroid dienone is 1. The highest BCUT2D eigenvalue weighted by Crippen LogP contribution is 2.55. The zero-order valence-corrected chi connectivity index (χ0v) is 10.1. The summed E-state index contributed by atoms with van der Waals surface area (Å²) in [6.45, 7) is 3.46. The molecule has 1 rings (SSSR count). The van der Waals surface area contributed by atoms with Crippen molar-refractivity contribution in [1.82, 2.24) is 0 Å². The Bertz CT molecular complexity index is 398. The summed E-state index contributed by atoms with van der Waals surface area (Å²) in [5.74, 6) is -2.01. The van der Waals surface area contributed by atoms with Crippen LogP contribution in [0.2, 0.25) is 0 Å². The lowest BCUT2D eigenvalue weighted by atomic mass is 9.94. The molecule has 0 aromatic carbocycles. The minimum absolute atomic E-state index is 0.00199. The van der Waals surface area contributed by atoms with E-state index in [0.29, 0.717) is 0 Å². The molecule has 1 saturated carbocycles. The lowest BCUT2D eigenvalue weighted by Gasteiger charge is -2.10. The van der Waals surface area contributed by atoms with Crippen LogP contribution in [0.1, 0.15) is 19.3 Å². The Labute approximate surface area is 98.5 Å². The van der Waals surface area contributed by atoms with E-state index in [4.69, 9.17) is 14.9 Å². The molecule has 2 atom stereocenters. The van der Waals surface area contributed by atoms with Crippen LogP contribution in [0.25, 0.3) is 0 Å². The zero-order chi connectivity index (χ0) is 13.3. The maximum absolute atomic E-state index is 11.7. The van der Waals surface area contributed by atoms with Crippen molar-refractivity contribution < 1.29 is 29.0 Å². The molecule has 0 aromatic rings. The molecule has 7 heteroatoms. The second-order valence-corrected chi connectivity index (χ2v) is 6.01. The first-order valence-electron chi connectivity index (χ1n) is 5.18. The molecule has 1 fully saturated rings. The summed E-state index contributed by atoms with van der Waals surface area (Å²) >= 11 is 0. The quantitative estimate of drug-likeness (QED) is 0.355. The predicted molar refractivity (Wildman–Crippen MR) is 59.5 cm³/mol. The van der Waals surface area contributed by atoms with Crippen LogP contribution in [-0.4, -0.2) is 32.8 Å². The van der Waals surface area contributed by atoms with E-state index in [2.05, 4.69) is 6.58 Å². The minimum Gasteiger partial charge on any atom is -0.480 e. The average Bonchev–Trinajstić information content (AvgIpc) is 2.90. The van der Waals surface area contributed by atoms with Crippen LogP contribution in [0.4, 0.5) is 0 Å². The number of carbonyl (C=O) groups excluding carboxylic acids is 1. The molecule has 0 heterocycles. The van der Waals surface area contributed by atoms with Crippen LogP contribution in [0.15, 0.2) is 12.7 Å². The summed E-state index contributed by atoms with van der Waals surface area (Å²) in [7, 11) is -4.12. The van der Waals surface area contributed by atoms with Crippen molar-refractivity contribution in [3.8, 4) is 0 Å². The Balaban J connectivity index is 2.56. The summed E-state index contributed by atoms with van der Waals surface area (Å²) in [6.07, 6.45) is 1.16. The molecule has 17 heavy (non-hydrogen) atoms. The van der Waals surface area contributed by atoms with Gasteiger partial charge in [-0.25, -0.2) is 0 Å². The largest absolute Gasteiger partial charge is 0.480 e. The predicted octanol–water partition coefficient (Wildman–Crippen LogP) is 0.790. The second-order valence-electron chi connectivity index (χ2n) is 4.24. The van der Waals surface area contributed by atoms with Gasteiger partial charge in [0.25, 0.3) is 0 Å². The van der Waals surface area contributed by atoms with Gasteiger partial charge >= 0.3 is 13.6 Å². The van der Waals surface area contributed by atoms with Gasteiger partial charge < -0.3 is 14.9 Å². The molecular formula is C10H15O6P. The monoisotopic (exact) mass is 262 g/mol. The number of Topliss-reactive ketones (excluding diaryl/α,β-unsaturated/α-hetero) is 1. The van der Waals surface area contributed by atoms with Gasteiger partial charge in [-0.05, 0) is 12.8 Å². The molecule has 0 radical (unpaired) electrons. The summed E-state index contributed by atoms with van der Waals surface area (Å²) in [6, 6.07) is 0. The fraction of sp³-hybridized carbons (Fsp3) is 0.600. The van der Waals surface area contributed by atoms with Crippen molar-refractivity contribution in [3.05, 3.63) is 12.7 Å². The van der Waals surface area contributed by atoms with E-state index in [1.165, 1.54) is 6.08 Å². The standard InChI is InChI=1S/C10H15O6P/c1-2-7-6-10(7,9(12)13)8(11)4-3-5-17(14,15)16/h2,7H,1,3-6H2,(H,12,13)(H2,14,15,16). The van der Waals surface area contributed by atoms with Crippen molar-refractivity contribution in [2.45, 2.75) is 19.3 Å². The van der Waals surface area contributed by atoms with Crippen molar-refractivity contribution in [2.75, 3.05) is 6.16 Å². The van der Waals surface area contributed by atoms with Crippen LogP contribution in [0.5, 0.6) is 0 Å². The van der Waals surface area contributed by atoms with Gasteiger partial charge in [0.15, 0.2) is 5.78 Å². The van der Waals surface area contributed by atoms with Crippen molar-refractivity contribution >= 4 is 19.3 Å². The third-order valence-corrected chi connectivity index (χ3v) is 3.93. The number of ketones is 1. The van der Waals surface area contributed by atoms with Crippen LogP contribution >= 0.6 is 7.60 Å². The lowest BCUT2D eigenvalue weighted by molar-refractivity contribution is -0.148. The number of carboxylic acids is 1.